The minimum absolute atomic E-state index is 0.153. The molecule has 1 fully saturated rings. The van der Waals surface area contributed by atoms with Crippen LogP contribution in [0.25, 0.3) is 10.9 Å². The number of aromatic amines is 1. The van der Waals surface area contributed by atoms with Crippen LogP contribution in [-0.4, -0.2) is 55.6 Å². The van der Waals surface area contributed by atoms with E-state index >= 15 is 0 Å². The highest BCUT2D eigenvalue weighted by molar-refractivity contribution is 5.99. The molecule has 0 amide bonds. The molecule has 1 saturated heterocycles. The first-order chi connectivity index (χ1) is 10.8. The van der Waals surface area contributed by atoms with E-state index in [0.29, 0.717) is 18.5 Å². The number of H-pyrrole nitrogens is 1. The second kappa shape index (κ2) is 6.72. The maximum Gasteiger partial charge on any atom is 0.261 e. The number of aldehydes is 1. The number of nitrogens with zero attached hydrogens (tertiary/aromatic N) is 1. The van der Waals surface area contributed by atoms with E-state index in [-0.39, 0.29) is 11.1 Å². The number of fused-ring (bicyclic) bond motifs is 1. The fourth-order valence-corrected chi connectivity index (χ4v) is 2.73. The van der Waals surface area contributed by atoms with Gasteiger partial charge in [0.15, 0.2) is 6.29 Å². The zero-order valence-corrected chi connectivity index (χ0v) is 12.3. The van der Waals surface area contributed by atoms with Crippen molar-refractivity contribution in [2.75, 3.05) is 44.7 Å². The number of para-hydroxylation sites is 1. The summed E-state index contributed by atoms with van der Waals surface area (Å²) in [6.45, 7) is 4.87. The molecular weight excluding hydrogens is 282 g/mol. The maximum absolute atomic E-state index is 12.0. The van der Waals surface area contributed by atoms with Crippen molar-refractivity contribution in [1.29, 1.82) is 0 Å². The zero-order chi connectivity index (χ0) is 15.4. The zero-order valence-electron chi connectivity index (χ0n) is 12.3. The Kier molecular flexibility index (Phi) is 4.50. The molecule has 2 N–H and O–H groups in total. The van der Waals surface area contributed by atoms with Gasteiger partial charge in [0.1, 0.15) is 5.56 Å². The Morgan fingerprint density at radius 2 is 2.05 bits per heavy atom. The summed E-state index contributed by atoms with van der Waals surface area (Å²) >= 11 is 0. The number of morpholine rings is 1. The molecule has 1 aromatic carbocycles. The number of nitrogens with one attached hydrogen (secondary N) is 2. The number of benzene rings is 1. The molecule has 1 aliphatic heterocycles. The molecule has 0 spiro atoms. The van der Waals surface area contributed by atoms with E-state index in [1.54, 1.807) is 0 Å². The summed E-state index contributed by atoms with van der Waals surface area (Å²) in [5.41, 5.74) is 1.14. The van der Waals surface area contributed by atoms with Gasteiger partial charge in [0.05, 0.1) is 24.4 Å². The standard InChI is InChI=1S/C16H19N3O3/c20-11-13-15(17-5-6-19-7-9-22-10-8-19)12-3-1-2-4-14(12)18-16(13)21/h1-4,11H,5-10H2,(H2,17,18,21). The van der Waals surface area contributed by atoms with Crippen molar-refractivity contribution < 1.29 is 9.53 Å². The number of anilines is 1. The topological polar surface area (TPSA) is 74.4 Å². The molecule has 6 nitrogen and oxygen atoms in total. The summed E-state index contributed by atoms with van der Waals surface area (Å²) in [5, 5.41) is 4.11. The van der Waals surface area contributed by atoms with Crippen LogP contribution in [0, 0.1) is 0 Å². The molecule has 0 atom stereocenters. The molecule has 1 aromatic heterocycles. The van der Waals surface area contributed by atoms with E-state index in [4.69, 9.17) is 4.74 Å². The first kappa shape index (κ1) is 14.7. The van der Waals surface area contributed by atoms with Crippen LogP contribution < -0.4 is 10.9 Å². The molecule has 0 bridgehead atoms. The van der Waals surface area contributed by atoms with E-state index in [1.165, 1.54) is 0 Å². The molecule has 6 heteroatoms. The summed E-state index contributed by atoms with van der Waals surface area (Å²) in [4.78, 5) is 28.3. The molecule has 2 heterocycles. The average molecular weight is 301 g/mol. The SMILES string of the molecule is O=Cc1c(NCCN2CCOCC2)c2ccccc2[nH]c1=O. The van der Waals surface area contributed by atoms with Crippen LogP contribution in [0.2, 0.25) is 0 Å². The number of rotatable bonds is 5. The van der Waals surface area contributed by atoms with Crippen LogP contribution in [0.4, 0.5) is 5.69 Å². The first-order valence-electron chi connectivity index (χ1n) is 7.44. The van der Waals surface area contributed by atoms with Gasteiger partial charge in [-0.15, -0.1) is 0 Å². The lowest BCUT2D eigenvalue weighted by Gasteiger charge is -2.26. The third kappa shape index (κ3) is 3.03. The fraction of sp³-hybridized carbons (Fsp3) is 0.375. The Balaban J connectivity index is 1.82. The third-order valence-corrected chi connectivity index (χ3v) is 3.91. The normalized spacial score (nSPS) is 15.8. The quantitative estimate of drug-likeness (QED) is 0.809. The fourth-order valence-electron chi connectivity index (χ4n) is 2.73. The van der Waals surface area contributed by atoms with Gasteiger partial charge in [0.25, 0.3) is 5.56 Å². The molecule has 22 heavy (non-hydrogen) atoms. The van der Waals surface area contributed by atoms with Crippen LogP contribution >= 0.6 is 0 Å². The summed E-state index contributed by atoms with van der Waals surface area (Å²) in [5.74, 6) is 0. The van der Waals surface area contributed by atoms with Gasteiger partial charge >= 0.3 is 0 Å². The molecule has 0 saturated carbocycles. The highest BCUT2D eigenvalue weighted by Crippen LogP contribution is 2.22. The summed E-state index contributed by atoms with van der Waals surface area (Å²) in [7, 11) is 0. The van der Waals surface area contributed by atoms with Crippen molar-refractivity contribution in [3.05, 3.63) is 40.2 Å². The molecule has 0 unspecified atom stereocenters. The van der Waals surface area contributed by atoms with Gasteiger partial charge in [0, 0.05) is 31.6 Å². The average Bonchev–Trinajstić information content (AvgIpc) is 2.55. The summed E-state index contributed by atoms with van der Waals surface area (Å²) in [6.07, 6.45) is 0.613. The number of carbonyl (C=O) groups is 1. The lowest BCUT2D eigenvalue weighted by molar-refractivity contribution is 0.0398. The van der Waals surface area contributed by atoms with Crippen LogP contribution in [-0.2, 0) is 4.74 Å². The minimum atomic E-state index is -0.359. The highest BCUT2D eigenvalue weighted by Gasteiger charge is 2.13. The Morgan fingerprint density at radius 3 is 2.82 bits per heavy atom. The van der Waals surface area contributed by atoms with Crippen molar-refractivity contribution in [1.82, 2.24) is 9.88 Å². The Hall–Kier alpha value is -2.18. The predicted molar refractivity (Wildman–Crippen MR) is 85.7 cm³/mol. The molecular formula is C16H19N3O3. The van der Waals surface area contributed by atoms with Gasteiger partial charge in [0.2, 0.25) is 0 Å². The largest absolute Gasteiger partial charge is 0.382 e. The lowest BCUT2D eigenvalue weighted by Crippen LogP contribution is -2.39. The number of pyridine rings is 1. The Bertz CT molecular complexity index is 720. The van der Waals surface area contributed by atoms with Gasteiger partial charge < -0.3 is 15.0 Å². The molecule has 1 aliphatic rings. The van der Waals surface area contributed by atoms with Crippen molar-refractivity contribution in [3.63, 3.8) is 0 Å². The molecule has 0 radical (unpaired) electrons. The van der Waals surface area contributed by atoms with Crippen molar-refractivity contribution in [2.45, 2.75) is 0 Å². The smallest absolute Gasteiger partial charge is 0.261 e. The molecule has 116 valence electrons. The predicted octanol–water partition coefficient (Wildman–Crippen LogP) is 1.08. The van der Waals surface area contributed by atoms with Crippen molar-refractivity contribution in [3.8, 4) is 0 Å². The summed E-state index contributed by atoms with van der Waals surface area (Å²) < 4.78 is 5.32. The van der Waals surface area contributed by atoms with Crippen LogP contribution in [0.3, 0.4) is 0 Å². The van der Waals surface area contributed by atoms with Gasteiger partial charge in [-0.1, -0.05) is 18.2 Å². The number of hydrogen-bond donors (Lipinski definition) is 2. The number of carbonyl (C=O) groups excluding carboxylic acids is 1. The van der Waals surface area contributed by atoms with Gasteiger partial charge in [-0.3, -0.25) is 14.5 Å². The van der Waals surface area contributed by atoms with E-state index < -0.39 is 0 Å². The third-order valence-electron chi connectivity index (χ3n) is 3.91. The number of hydrogen-bond acceptors (Lipinski definition) is 5. The molecule has 0 aliphatic carbocycles. The number of aromatic nitrogens is 1. The van der Waals surface area contributed by atoms with Gasteiger partial charge in [-0.2, -0.15) is 0 Å². The van der Waals surface area contributed by atoms with Crippen molar-refractivity contribution >= 4 is 22.9 Å². The van der Waals surface area contributed by atoms with Crippen molar-refractivity contribution in [2.24, 2.45) is 0 Å². The second-order valence-electron chi connectivity index (χ2n) is 5.29. The Labute approximate surface area is 128 Å². The van der Waals surface area contributed by atoms with Gasteiger partial charge in [-0.05, 0) is 6.07 Å². The van der Waals surface area contributed by atoms with E-state index in [0.717, 1.165) is 43.8 Å². The molecule has 3 rings (SSSR count). The molecule has 2 aromatic rings. The van der Waals surface area contributed by atoms with E-state index in [1.807, 2.05) is 24.3 Å². The van der Waals surface area contributed by atoms with Crippen LogP contribution in [0.5, 0.6) is 0 Å². The van der Waals surface area contributed by atoms with E-state index in [9.17, 15) is 9.59 Å². The minimum Gasteiger partial charge on any atom is -0.382 e. The Morgan fingerprint density at radius 1 is 1.27 bits per heavy atom. The maximum atomic E-state index is 12.0. The summed E-state index contributed by atoms with van der Waals surface area (Å²) in [6, 6.07) is 7.48. The van der Waals surface area contributed by atoms with Crippen LogP contribution in [0.1, 0.15) is 10.4 Å². The van der Waals surface area contributed by atoms with Gasteiger partial charge in [-0.25, -0.2) is 0 Å². The highest BCUT2D eigenvalue weighted by atomic mass is 16.5. The van der Waals surface area contributed by atoms with E-state index in [2.05, 4.69) is 15.2 Å². The number of ether oxygens (including phenoxy) is 1. The second-order valence-corrected chi connectivity index (χ2v) is 5.29. The lowest BCUT2D eigenvalue weighted by atomic mass is 10.1. The monoisotopic (exact) mass is 301 g/mol. The van der Waals surface area contributed by atoms with Crippen LogP contribution in [0.15, 0.2) is 29.1 Å². The first-order valence-corrected chi connectivity index (χ1v) is 7.44.